The summed E-state index contributed by atoms with van der Waals surface area (Å²) in [5, 5.41) is 3.55. The fourth-order valence-corrected chi connectivity index (χ4v) is 3.71. The van der Waals surface area contributed by atoms with Crippen molar-refractivity contribution in [3.8, 4) is 21.1 Å². The van der Waals surface area contributed by atoms with Crippen LogP contribution in [0.2, 0.25) is 0 Å². The molecule has 0 aliphatic heterocycles. The van der Waals surface area contributed by atoms with Gasteiger partial charge in [-0.2, -0.15) is 0 Å². The van der Waals surface area contributed by atoms with E-state index in [4.69, 9.17) is 10.7 Å². The number of aromatic nitrogens is 3. The van der Waals surface area contributed by atoms with E-state index in [0.29, 0.717) is 11.0 Å². The lowest BCUT2D eigenvalue weighted by Gasteiger charge is -2.02. The van der Waals surface area contributed by atoms with Crippen LogP contribution in [0.1, 0.15) is 25.5 Å². The molecule has 0 aliphatic rings. The summed E-state index contributed by atoms with van der Waals surface area (Å²) in [7, 11) is 0. The van der Waals surface area contributed by atoms with Gasteiger partial charge in [-0.25, -0.2) is 9.97 Å². The third-order valence-electron chi connectivity index (χ3n) is 2.86. The van der Waals surface area contributed by atoms with E-state index in [2.05, 4.69) is 23.8 Å². The Balaban J connectivity index is 2.12. The highest BCUT2D eigenvalue weighted by Crippen LogP contribution is 2.38. The molecule has 0 unspecified atom stereocenters. The van der Waals surface area contributed by atoms with Crippen molar-refractivity contribution >= 4 is 27.8 Å². The second kappa shape index (κ2) is 5.30. The van der Waals surface area contributed by atoms with E-state index in [0.717, 1.165) is 26.8 Å². The van der Waals surface area contributed by atoms with Gasteiger partial charge in [0.2, 0.25) is 0 Å². The van der Waals surface area contributed by atoms with Gasteiger partial charge in [-0.15, -0.1) is 22.7 Å². The fourth-order valence-electron chi connectivity index (χ4n) is 1.91. The van der Waals surface area contributed by atoms with Gasteiger partial charge >= 0.3 is 0 Å². The Bertz CT molecular complexity index is 716. The van der Waals surface area contributed by atoms with Crippen molar-refractivity contribution in [2.24, 2.45) is 0 Å². The van der Waals surface area contributed by atoms with Gasteiger partial charge in [-0.05, 0) is 18.1 Å². The predicted octanol–water partition coefficient (Wildman–Crippen LogP) is 4.03. The van der Waals surface area contributed by atoms with Crippen LogP contribution >= 0.6 is 22.7 Å². The van der Waals surface area contributed by atoms with Crippen LogP contribution in [0.3, 0.4) is 0 Å². The highest BCUT2D eigenvalue weighted by atomic mass is 32.1. The van der Waals surface area contributed by atoms with Crippen molar-refractivity contribution in [2.75, 3.05) is 5.73 Å². The van der Waals surface area contributed by atoms with Gasteiger partial charge in [0.25, 0.3) is 0 Å². The van der Waals surface area contributed by atoms with Crippen LogP contribution in [-0.2, 0) is 0 Å². The zero-order valence-corrected chi connectivity index (χ0v) is 12.8. The number of nitrogens with two attached hydrogens (primary N) is 1. The lowest BCUT2D eigenvalue weighted by molar-refractivity contribution is 0.835. The van der Waals surface area contributed by atoms with E-state index < -0.39 is 0 Å². The van der Waals surface area contributed by atoms with Crippen molar-refractivity contribution < 1.29 is 0 Å². The zero-order chi connectivity index (χ0) is 14.1. The average molecular weight is 302 g/mol. The minimum Gasteiger partial charge on any atom is -0.375 e. The van der Waals surface area contributed by atoms with Crippen LogP contribution in [0.15, 0.2) is 29.9 Å². The van der Waals surface area contributed by atoms with E-state index >= 15 is 0 Å². The van der Waals surface area contributed by atoms with Crippen LogP contribution in [0, 0.1) is 0 Å². The number of rotatable bonds is 3. The molecule has 0 aromatic carbocycles. The monoisotopic (exact) mass is 302 g/mol. The van der Waals surface area contributed by atoms with E-state index in [1.54, 1.807) is 17.5 Å². The normalized spacial score (nSPS) is 11.2. The van der Waals surface area contributed by atoms with Crippen LogP contribution < -0.4 is 5.73 Å². The molecular weight excluding hydrogens is 288 g/mol. The highest BCUT2D eigenvalue weighted by Gasteiger charge is 2.18. The van der Waals surface area contributed by atoms with Crippen molar-refractivity contribution in [3.63, 3.8) is 0 Å². The summed E-state index contributed by atoms with van der Waals surface area (Å²) in [5.41, 5.74) is 8.77. The number of thiazole rings is 2. The van der Waals surface area contributed by atoms with Gasteiger partial charge in [-0.1, -0.05) is 13.8 Å². The molecular formula is C14H14N4S2. The topological polar surface area (TPSA) is 64.7 Å². The molecule has 0 radical (unpaired) electrons. The summed E-state index contributed by atoms with van der Waals surface area (Å²) in [6.07, 6.45) is 3.60. The summed E-state index contributed by atoms with van der Waals surface area (Å²) < 4.78 is 0. The molecule has 0 atom stereocenters. The Morgan fingerprint density at radius 1 is 1.25 bits per heavy atom. The summed E-state index contributed by atoms with van der Waals surface area (Å²) in [4.78, 5) is 14.4. The minimum atomic E-state index is 0.342. The molecule has 0 spiro atoms. The smallest absolute Gasteiger partial charge is 0.180 e. The number of nitrogen functional groups attached to an aromatic ring is 1. The second-order valence-electron chi connectivity index (χ2n) is 4.70. The first-order valence-electron chi connectivity index (χ1n) is 6.27. The van der Waals surface area contributed by atoms with Crippen molar-refractivity contribution in [1.82, 2.24) is 15.0 Å². The first-order valence-corrected chi connectivity index (χ1v) is 7.97. The van der Waals surface area contributed by atoms with Crippen LogP contribution in [0.4, 0.5) is 5.13 Å². The number of hydrogen-bond acceptors (Lipinski definition) is 6. The Labute approximate surface area is 125 Å². The van der Waals surface area contributed by atoms with Crippen molar-refractivity contribution in [3.05, 3.63) is 35.6 Å². The third kappa shape index (κ3) is 2.44. The number of nitrogens with zero attached hydrogens (tertiary/aromatic N) is 3. The number of anilines is 1. The first kappa shape index (κ1) is 13.2. The summed E-state index contributed by atoms with van der Waals surface area (Å²) >= 11 is 3.10. The van der Waals surface area contributed by atoms with E-state index in [1.807, 2.05) is 23.7 Å². The summed E-state index contributed by atoms with van der Waals surface area (Å²) in [6.45, 7) is 4.28. The Kier molecular flexibility index (Phi) is 3.50. The molecule has 3 aromatic rings. The second-order valence-corrected chi connectivity index (χ2v) is 6.59. The largest absolute Gasteiger partial charge is 0.375 e. The molecule has 3 aromatic heterocycles. The number of pyridine rings is 1. The van der Waals surface area contributed by atoms with Crippen molar-refractivity contribution in [2.45, 2.75) is 19.8 Å². The lowest BCUT2D eigenvalue weighted by Crippen LogP contribution is -1.91. The zero-order valence-electron chi connectivity index (χ0n) is 11.2. The van der Waals surface area contributed by atoms with Gasteiger partial charge in [0.15, 0.2) is 5.13 Å². The Morgan fingerprint density at radius 2 is 2.10 bits per heavy atom. The van der Waals surface area contributed by atoms with Gasteiger partial charge in [0.1, 0.15) is 5.01 Å². The quantitative estimate of drug-likeness (QED) is 0.793. The summed E-state index contributed by atoms with van der Waals surface area (Å²) in [6, 6.07) is 3.95. The molecule has 3 heterocycles. The number of hydrogen-bond donors (Lipinski definition) is 1. The maximum absolute atomic E-state index is 5.74. The molecule has 0 saturated carbocycles. The Hall–Kier alpha value is -1.79. The predicted molar refractivity (Wildman–Crippen MR) is 85.0 cm³/mol. The summed E-state index contributed by atoms with van der Waals surface area (Å²) in [5.74, 6) is 0.342. The lowest BCUT2D eigenvalue weighted by atomic mass is 10.1. The fraction of sp³-hybridized carbons (Fsp3) is 0.214. The van der Waals surface area contributed by atoms with E-state index in [1.165, 1.54) is 11.3 Å². The molecule has 0 saturated heterocycles. The van der Waals surface area contributed by atoms with Crippen molar-refractivity contribution in [1.29, 1.82) is 0 Å². The van der Waals surface area contributed by atoms with E-state index in [9.17, 15) is 0 Å². The van der Waals surface area contributed by atoms with Gasteiger partial charge < -0.3 is 5.73 Å². The SMILES string of the molecule is CC(C)c1nc(-c2cccnc2)sc1-c1csc(N)n1. The molecule has 6 heteroatoms. The molecule has 2 N–H and O–H groups in total. The Morgan fingerprint density at radius 3 is 2.70 bits per heavy atom. The molecule has 3 rings (SSSR count). The molecule has 0 aliphatic carbocycles. The van der Waals surface area contributed by atoms with Crippen LogP contribution in [-0.4, -0.2) is 15.0 Å². The first-order chi connectivity index (χ1) is 9.65. The molecule has 0 fully saturated rings. The third-order valence-corrected chi connectivity index (χ3v) is 4.68. The molecule has 0 amide bonds. The molecule has 102 valence electrons. The van der Waals surface area contributed by atoms with E-state index in [-0.39, 0.29) is 0 Å². The standard InChI is InChI=1S/C14H14N4S2/c1-8(2)11-12(10-7-19-14(15)17-10)20-13(18-11)9-4-3-5-16-6-9/h3-8H,1-2H3,(H2,15,17). The average Bonchev–Trinajstić information content (AvgIpc) is 3.05. The van der Waals surface area contributed by atoms with Gasteiger partial charge in [0, 0.05) is 23.3 Å². The molecule has 20 heavy (non-hydrogen) atoms. The molecule has 4 nitrogen and oxygen atoms in total. The maximum Gasteiger partial charge on any atom is 0.180 e. The molecule has 0 bridgehead atoms. The van der Waals surface area contributed by atoms with Gasteiger partial charge in [-0.3, -0.25) is 4.98 Å². The maximum atomic E-state index is 5.74. The van der Waals surface area contributed by atoms with Crippen LogP contribution in [0.5, 0.6) is 0 Å². The highest BCUT2D eigenvalue weighted by molar-refractivity contribution is 7.19. The van der Waals surface area contributed by atoms with Gasteiger partial charge in [0.05, 0.1) is 16.3 Å². The van der Waals surface area contributed by atoms with Crippen LogP contribution in [0.25, 0.3) is 21.1 Å². The minimum absolute atomic E-state index is 0.342.